The fourth-order valence-electron chi connectivity index (χ4n) is 1.83. The number of aromatic nitrogens is 2. The number of hydrogen-bond acceptors (Lipinski definition) is 4. The molecule has 0 radical (unpaired) electrons. The first-order valence-corrected chi connectivity index (χ1v) is 6.49. The lowest BCUT2D eigenvalue weighted by Gasteiger charge is -2.07. The maximum Gasteiger partial charge on any atom is 0.130 e. The first kappa shape index (κ1) is 13.5. The fourth-order valence-corrected chi connectivity index (χ4v) is 1.83. The molecule has 19 heavy (non-hydrogen) atoms. The van der Waals surface area contributed by atoms with Gasteiger partial charge in [0.1, 0.15) is 11.6 Å². The van der Waals surface area contributed by atoms with Crippen molar-refractivity contribution in [1.82, 2.24) is 9.97 Å². The second-order valence-electron chi connectivity index (χ2n) is 4.50. The van der Waals surface area contributed by atoms with Gasteiger partial charge in [0.05, 0.1) is 12.3 Å². The zero-order chi connectivity index (χ0) is 13.7. The van der Waals surface area contributed by atoms with Crippen molar-refractivity contribution in [1.29, 1.82) is 0 Å². The fraction of sp³-hybridized carbons (Fsp3) is 0.333. The van der Waals surface area contributed by atoms with Gasteiger partial charge in [0.15, 0.2) is 0 Å². The van der Waals surface area contributed by atoms with Gasteiger partial charge in [0.2, 0.25) is 0 Å². The third-order valence-corrected chi connectivity index (χ3v) is 2.67. The zero-order valence-electron chi connectivity index (χ0n) is 11.3. The van der Waals surface area contributed by atoms with E-state index in [2.05, 4.69) is 9.97 Å². The van der Waals surface area contributed by atoms with Crippen molar-refractivity contribution in [3.8, 4) is 17.0 Å². The van der Waals surface area contributed by atoms with E-state index in [1.54, 1.807) is 6.20 Å². The summed E-state index contributed by atoms with van der Waals surface area (Å²) in [6.45, 7) is 4.59. The smallest absolute Gasteiger partial charge is 0.130 e. The second kappa shape index (κ2) is 6.29. The summed E-state index contributed by atoms with van der Waals surface area (Å²) in [6.07, 6.45) is 2.46. The van der Waals surface area contributed by atoms with E-state index in [0.717, 1.165) is 22.8 Å². The molecule has 0 fully saturated rings. The Morgan fingerprint density at radius 3 is 2.58 bits per heavy atom. The Labute approximate surface area is 113 Å². The van der Waals surface area contributed by atoms with Gasteiger partial charge in [-0.3, -0.25) is 0 Å². The molecule has 1 unspecified atom stereocenters. The van der Waals surface area contributed by atoms with Crippen molar-refractivity contribution in [3.63, 3.8) is 0 Å². The second-order valence-corrected chi connectivity index (χ2v) is 4.50. The molecule has 1 aromatic heterocycles. The lowest BCUT2D eigenvalue weighted by Crippen LogP contribution is -2.19. The van der Waals surface area contributed by atoms with Gasteiger partial charge in [-0.15, -0.1) is 0 Å². The molecule has 0 aliphatic rings. The van der Waals surface area contributed by atoms with E-state index in [0.29, 0.717) is 13.0 Å². The number of nitrogens with zero attached hydrogens (tertiary/aromatic N) is 2. The summed E-state index contributed by atoms with van der Waals surface area (Å²) in [6, 6.07) is 9.88. The minimum Gasteiger partial charge on any atom is -0.494 e. The van der Waals surface area contributed by atoms with Crippen LogP contribution in [-0.2, 0) is 6.42 Å². The molecule has 1 heterocycles. The average Bonchev–Trinajstić information content (AvgIpc) is 2.39. The summed E-state index contributed by atoms with van der Waals surface area (Å²) in [5.74, 6) is 1.65. The molecule has 1 aromatic carbocycles. The van der Waals surface area contributed by atoms with Crippen molar-refractivity contribution in [3.05, 3.63) is 42.4 Å². The molecular weight excluding hydrogens is 238 g/mol. The van der Waals surface area contributed by atoms with Gasteiger partial charge in [0, 0.05) is 24.2 Å². The van der Waals surface area contributed by atoms with Gasteiger partial charge in [-0.1, -0.05) is 0 Å². The Bertz CT molecular complexity index is 523. The van der Waals surface area contributed by atoms with Crippen molar-refractivity contribution in [2.24, 2.45) is 5.73 Å². The van der Waals surface area contributed by atoms with Gasteiger partial charge in [-0.2, -0.15) is 0 Å². The van der Waals surface area contributed by atoms with Gasteiger partial charge < -0.3 is 10.5 Å². The topological polar surface area (TPSA) is 61.0 Å². The summed E-state index contributed by atoms with van der Waals surface area (Å²) in [7, 11) is 0. The van der Waals surface area contributed by atoms with Crippen LogP contribution in [0.15, 0.2) is 36.5 Å². The molecule has 2 rings (SSSR count). The Morgan fingerprint density at radius 1 is 1.21 bits per heavy atom. The van der Waals surface area contributed by atoms with Crippen LogP contribution in [-0.4, -0.2) is 22.6 Å². The van der Waals surface area contributed by atoms with Crippen LogP contribution in [0.3, 0.4) is 0 Å². The van der Waals surface area contributed by atoms with E-state index < -0.39 is 0 Å². The Hall–Kier alpha value is -1.94. The molecule has 0 spiro atoms. The summed E-state index contributed by atoms with van der Waals surface area (Å²) >= 11 is 0. The Kier molecular flexibility index (Phi) is 4.47. The van der Waals surface area contributed by atoms with Crippen molar-refractivity contribution >= 4 is 0 Å². The molecule has 4 nitrogen and oxygen atoms in total. The number of hydrogen-bond donors (Lipinski definition) is 1. The van der Waals surface area contributed by atoms with E-state index in [-0.39, 0.29) is 6.04 Å². The van der Waals surface area contributed by atoms with Gasteiger partial charge >= 0.3 is 0 Å². The summed E-state index contributed by atoms with van der Waals surface area (Å²) < 4.78 is 5.42. The maximum atomic E-state index is 5.77. The summed E-state index contributed by atoms with van der Waals surface area (Å²) in [4.78, 5) is 8.76. The van der Waals surface area contributed by atoms with E-state index in [1.165, 1.54) is 0 Å². The van der Waals surface area contributed by atoms with E-state index in [9.17, 15) is 0 Å². The van der Waals surface area contributed by atoms with Crippen LogP contribution in [0.25, 0.3) is 11.3 Å². The third kappa shape index (κ3) is 3.76. The predicted molar refractivity (Wildman–Crippen MR) is 76.0 cm³/mol. The SMILES string of the molecule is CCOc1ccc(-c2ccnc(CC(C)N)n2)cc1. The monoisotopic (exact) mass is 257 g/mol. The van der Waals surface area contributed by atoms with Crippen LogP contribution in [0.1, 0.15) is 19.7 Å². The highest BCUT2D eigenvalue weighted by Crippen LogP contribution is 2.20. The number of benzene rings is 1. The van der Waals surface area contributed by atoms with Crippen LogP contribution in [0.5, 0.6) is 5.75 Å². The average molecular weight is 257 g/mol. The van der Waals surface area contributed by atoms with Crippen LogP contribution >= 0.6 is 0 Å². The highest BCUT2D eigenvalue weighted by atomic mass is 16.5. The molecule has 2 N–H and O–H groups in total. The lowest BCUT2D eigenvalue weighted by atomic mass is 10.1. The number of nitrogens with two attached hydrogens (primary N) is 1. The van der Waals surface area contributed by atoms with Crippen LogP contribution in [0, 0.1) is 0 Å². The number of ether oxygens (including phenoxy) is 1. The Balaban J connectivity index is 2.21. The molecule has 1 atom stereocenters. The van der Waals surface area contributed by atoms with E-state index >= 15 is 0 Å². The van der Waals surface area contributed by atoms with Crippen molar-refractivity contribution < 1.29 is 4.74 Å². The zero-order valence-corrected chi connectivity index (χ0v) is 11.3. The van der Waals surface area contributed by atoms with Crippen molar-refractivity contribution in [2.45, 2.75) is 26.3 Å². The standard InChI is InChI=1S/C15H19N3O/c1-3-19-13-6-4-12(5-7-13)14-8-9-17-15(18-14)10-11(2)16/h4-9,11H,3,10,16H2,1-2H3. The van der Waals surface area contributed by atoms with Gasteiger partial charge in [-0.25, -0.2) is 9.97 Å². The third-order valence-electron chi connectivity index (χ3n) is 2.67. The van der Waals surface area contributed by atoms with Crippen LogP contribution in [0.2, 0.25) is 0 Å². The molecule has 0 saturated heterocycles. The van der Waals surface area contributed by atoms with Gasteiger partial charge in [0.25, 0.3) is 0 Å². The highest BCUT2D eigenvalue weighted by Gasteiger charge is 2.04. The molecule has 0 bridgehead atoms. The summed E-state index contributed by atoms with van der Waals surface area (Å²) in [5.41, 5.74) is 7.73. The minimum atomic E-state index is 0.0654. The molecule has 0 amide bonds. The molecule has 0 saturated carbocycles. The van der Waals surface area contributed by atoms with Crippen LogP contribution < -0.4 is 10.5 Å². The Morgan fingerprint density at radius 2 is 1.95 bits per heavy atom. The molecule has 0 aliphatic heterocycles. The van der Waals surface area contributed by atoms with E-state index in [4.69, 9.17) is 10.5 Å². The van der Waals surface area contributed by atoms with Crippen LogP contribution in [0.4, 0.5) is 0 Å². The number of rotatable bonds is 5. The quantitative estimate of drug-likeness (QED) is 0.893. The molecular formula is C15H19N3O. The summed E-state index contributed by atoms with van der Waals surface area (Å²) in [5, 5.41) is 0. The van der Waals surface area contributed by atoms with Gasteiger partial charge in [-0.05, 0) is 44.2 Å². The minimum absolute atomic E-state index is 0.0654. The molecule has 2 aromatic rings. The molecule has 100 valence electrons. The normalized spacial score (nSPS) is 12.2. The predicted octanol–water partition coefficient (Wildman–Crippen LogP) is 2.43. The lowest BCUT2D eigenvalue weighted by molar-refractivity contribution is 0.340. The molecule has 0 aliphatic carbocycles. The first-order valence-electron chi connectivity index (χ1n) is 6.49. The maximum absolute atomic E-state index is 5.77. The largest absolute Gasteiger partial charge is 0.494 e. The van der Waals surface area contributed by atoms with Crippen molar-refractivity contribution in [2.75, 3.05) is 6.61 Å². The molecule has 4 heteroatoms. The highest BCUT2D eigenvalue weighted by molar-refractivity contribution is 5.59. The first-order chi connectivity index (χ1) is 9.19. The van der Waals surface area contributed by atoms with E-state index in [1.807, 2.05) is 44.2 Å².